The van der Waals surface area contributed by atoms with Gasteiger partial charge in [0.2, 0.25) is 0 Å². The highest BCUT2D eigenvalue weighted by atomic mass is 16.6. The van der Waals surface area contributed by atoms with Gasteiger partial charge in [0, 0.05) is 6.21 Å². The number of ether oxygens (including phenoxy) is 2. The Morgan fingerprint density at radius 1 is 0.935 bits per heavy atom. The van der Waals surface area contributed by atoms with Gasteiger partial charge in [0.05, 0.1) is 7.11 Å². The van der Waals surface area contributed by atoms with Crippen molar-refractivity contribution in [1.82, 2.24) is 0 Å². The van der Waals surface area contributed by atoms with Crippen molar-refractivity contribution in [2.24, 2.45) is 5.16 Å². The summed E-state index contributed by atoms with van der Waals surface area (Å²) < 4.78 is 10.0. The lowest BCUT2D eigenvalue weighted by Gasteiger charge is -2.15. The Hall–Kier alpha value is -3.60. The number of esters is 1. The monoisotopic (exact) mass is 417 g/mol. The molecular weight excluding hydrogens is 390 g/mol. The van der Waals surface area contributed by atoms with Crippen LogP contribution in [0.5, 0.6) is 5.75 Å². The summed E-state index contributed by atoms with van der Waals surface area (Å²) in [6.45, 7) is -0.0893. The van der Waals surface area contributed by atoms with Gasteiger partial charge < -0.3 is 14.3 Å². The average Bonchev–Trinajstić information content (AvgIpc) is 2.83. The maximum Gasteiger partial charge on any atom is 0.343 e. The average molecular weight is 418 g/mol. The predicted octanol–water partition coefficient (Wildman–Crippen LogP) is 5.35. The zero-order chi connectivity index (χ0) is 21.7. The molecular formula is C26H27NO4. The molecule has 31 heavy (non-hydrogen) atoms. The lowest BCUT2D eigenvalue weighted by molar-refractivity contribution is -0.142. The third-order valence-electron chi connectivity index (χ3n) is 4.73. The molecule has 0 aliphatic carbocycles. The number of unbranched alkanes of at least 4 members (excludes halogenated alkanes) is 1. The third-order valence-corrected chi connectivity index (χ3v) is 4.73. The molecule has 5 nitrogen and oxygen atoms in total. The van der Waals surface area contributed by atoms with Crippen LogP contribution in [0.3, 0.4) is 0 Å². The second kappa shape index (κ2) is 12.2. The molecule has 0 aliphatic heterocycles. The van der Waals surface area contributed by atoms with Crippen LogP contribution in [-0.4, -0.2) is 25.9 Å². The Balaban J connectivity index is 1.49. The normalized spacial score (nSPS) is 10.9. The Morgan fingerprint density at radius 3 is 2.26 bits per heavy atom. The van der Waals surface area contributed by atoms with Gasteiger partial charge in [-0.3, -0.25) is 0 Å². The van der Waals surface area contributed by atoms with Gasteiger partial charge in [-0.25, -0.2) is 4.79 Å². The number of carbonyl (C=O) groups is 1. The Morgan fingerprint density at radius 2 is 1.61 bits per heavy atom. The minimum atomic E-state index is -0.397. The number of oxime groups is 1. The van der Waals surface area contributed by atoms with Gasteiger partial charge in [-0.2, -0.15) is 0 Å². The topological polar surface area (TPSA) is 57.1 Å². The number of nitrogens with zero attached hydrogens (tertiary/aromatic N) is 1. The van der Waals surface area contributed by atoms with E-state index in [0.717, 1.165) is 36.0 Å². The molecule has 0 aromatic heterocycles. The van der Waals surface area contributed by atoms with Crippen molar-refractivity contribution in [2.45, 2.75) is 25.4 Å². The molecule has 0 atom stereocenters. The minimum Gasteiger partial charge on any atom is -0.482 e. The molecule has 0 unspecified atom stereocenters. The Labute approximate surface area is 183 Å². The molecule has 0 N–H and O–H groups in total. The van der Waals surface area contributed by atoms with Crippen LogP contribution in [0.15, 0.2) is 90.1 Å². The van der Waals surface area contributed by atoms with E-state index in [0.29, 0.717) is 5.75 Å². The molecule has 160 valence electrons. The van der Waals surface area contributed by atoms with Crippen LogP contribution in [0, 0.1) is 0 Å². The van der Waals surface area contributed by atoms with E-state index in [1.807, 2.05) is 91.1 Å². The number of aryl methyl sites for hydroxylation is 1. The molecule has 3 rings (SSSR count). The number of benzene rings is 3. The molecule has 0 amide bonds. The Bertz CT molecular complexity index is 918. The van der Waals surface area contributed by atoms with Crippen LogP contribution in [-0.2, 0) is 20.8 Å². The standard InChI is InChI=1S/C26H27NO4/c1-29-25(28)20-30-24-17-10-12-21(19-24)11-8-9-18-27-31-26(22-13-4-2-5-14-22)23-15-6-3-7-16-23/h2-7,10,12-19,26H,8-9,11,20H2,1H3. The van der Waals surface area contributed by atoms with Crippen LogP contribution in [0.2, 0.25) is 0 Å². The van der Waals surface area contributed by atoms with Crippen molar-refractivity contribution in [3.05, 3.63) is 102 Å². The first kappa shape index (κ1) is 22.1. The van der Waals surface area contributed by atoms with E-state index < -0.39 is 5.97 Å². The van der Waals surface area contributed by atoms with E-state index in [1.165, 1.54) is 7.11 Å². The summed E-state index contributed by atoms with van der Waals surface area (Å²) in [6, 6.07) is 27.9. The molecule has 0 saturated carbocycles. The lowest BCUT2D eigenvalue weighted by atomic mass is 10.0. The van der Waals surface area contributed by atoms with Gasteiger partial charge in [0.1, 0.15) is 5.75 Å². The fourth-order valence-corrected chi connectivity index (χ4v) is 3.12. The van der Waals surface area contributed by atoms with Gasteiger partial charge in [-0.15, -0.1) is 0 Å². The smallest absolute Gasteiger partial charge is 0.343 e. The van der Waals surface area contributed by atoms with E-state index in [4.69, 9.17) is 9.57 Å². The molecule has 0 fully saturated rings. The first-order valence-corrected chi connectivity index (χ1v) is 10.3. The van der Waals surface area contributed by atoms with E-state index >= 15 is 0 Å². The van der Waals surface area contributed by atoms with Crippen molar-refractivity contribution >= 4 is 12.2 Å². The number of hydrogen-bond acceptors (Lipinski definition) is 5. The van der Waals surface area contributed by atoms with Crippen LogP contribution in [0.4, 0.5) is 0 Å². The van der Waals surface area contributed by atoms with Crippen molar-refractivity contribution in [1.29, 1.82) is 0 Å². The molecule has 0 heterocycles. The highest BCUT2D eigenvalue weighted by molar-refractivity contribution is 5.70. The minimum absolute atomic E-state index is 0.0893. The summed E-state index contributed by atoms with van der Waals surface area (Å²) in [5.41, 5.74) is 3.27. The van der Waals surface area contributed by atoms with Crippen LogP contribution >= 0.6 is 0 Å². The van der Waals surface area contributed by atoms with E-state index in [1.54, 1.807) is 0 Å². The van der Waals surface area contributed by atoms with Crippen LogP contribution in [0.25, 0.3) is 0 Å². The molecule has 0 saturated heterocycles. The predicted molar refractivity (Wildman–Crippen MR) is 121 cm³/mol. The molecule has 0 aliphatic rings. The van der Waals surface area contributed by atoms with Gasteiger partial charge in [-0.1, -0.05) is 78.0 Å². The molecule has 5 heteroatoms. The van der Waals surface area contributed by atoms with Gasteiger partial charge in [-0.05, 0) is 48.1 Å². The summed E-state index contributed by atoms with van der Waals surface area (Å²) in [7, 11) is 1.34. The van der Waals surface area contributed by atoms with E-state index in [9.17, 15) is 4.79 Å². The fourth-order valence-electron chi connectivity index (χ4n) is 3.12. The van der Waals surface area contributed by atoms with Crippen molar-refractivity contribution in [3.63, 3.8) is 0 Å². The van der Waals surface area contributed by atoms with Gasteiger partial charge in [0.15, 0.2) is 12.7 Å². The number of methoxy groups -OCH3 is 1. The van der Waals surface area contributed by atoms with Crippen molar-refractivity contribution in [2.75, 3.05) is 13.7 Å². The summed E-state index contributed by atoms with van der Waals surface area (Å²) in [5, 5.41) is 4.23. The highest BCUT2D eigenvalue weighted by Gasteiger charge is 2.14. The van der Waals surface area contributed by atoms with Crippen molar-refractivity contribution in [3.8, 4) is 5.75 Å². The summed E-state index contributed by atoms with van der Waals surface area (Å²) in [4.78, 5) is 17.1. The highest BCUT2D eigenvalue weighted by Crippen LogP contribution is 2.25. The molecule has 3 aromatic carbocycles. The first-order valence-electron chi connectivity index (χ1n) is 10.3. The number of carbonyl (C=O) groups excluding carboxylic acids is 1. The summed E-state index contributed by atoms with van der Waals surface area (Å²) in [5.74, 6) is 0.263. The Kier molecular flexibility index (Phi) is 8.68. The molecule has 3 aromatic rings. The fraction of sp³-hybridized carbons (Fsp3) is 0.231. The molecule has 0 spiro atoms. The maximum atomic E-state index is 11.2. The molecule has 0 bridgehead atoms. The van der Waals surface area contributed by atoms with E-state index in [-0.39, 0.29) is 12.7 Å². The number of rotatable bonds is 11. The number of hydrogen-bond donors (Lipinski definition) is 0. The SMILES string of the molecule is COC(=O)COc1cccc(CCCC=NOC(c2ccccc2)c2ccccc2)c1. The lowest BCUT2D eigenvalue weighted by Crippen LogP contribution is -2.12. The van der Waals surface area contributed by atoms with Crippen LogP contribution in [0.1, 0.15) is 35.6 Å². The summed E-state index contributed by atoms with van der Waals surface area (Å²) >= 11 is 0. The third kappa shape index (κ3) is 7.30. The zero-order valence-electron chi connectivity index (χ0n) is 17.6. The van der Waals surface area contributed by atoms with E-state index in [2.05, 4.69) is 9.89 Å². The molecule has 0 radical (unpaired) electrons. The second-order valence-corrected chi connectivity index (χ2v) is 7.00. The quantitative estimate of drug-likeness (QED) is 0.183. The van der Waals surface area contributed by atoms with Gasteiger partial charge >= 0.3 is 5.97 Å². The largest absolute Gasteiger partial charge is 0.482 e. The second-order valence-electron chi connectivity index (χ2n) is 7.00. The first-order chi connectivity index (χ1) is 15.3. The zero-order valence-corrected chi connectivity index (χ0v) is 17.6. The summed E-state index contributed by atoms with van der Waals surface area (Å²) in [6.07, 6.45) is 4.18. The van der Waals surface area contributed by atoms with Crippen LogP contribution < -0.4 is 4.74 Å². The van der Waals surface area contributed by atoms with Gasteiger partial charge in [0.25, 0.3) is 0 Å². The maximum absolute atomic E-state index is 11.2. The van der Waals surface area contributed by atoms with Crippen molar-refractivity contribution < 1.29 is 19.1 Å².